The molecule has 1 N–H and O–H groups in total. The molecule has 0 bridgehead atoms. The van der Waals surface area contributed by atoms with E-state index in [1.54, 1.807) is 0 Å². The van der Waals surface area contributed by atoms with Crippen molar-refractivity contribution in [2.24, 2.45) is 0 Å². The van der Waals surface area contributed by atoms with Crippen LogP contribution >= 0.6 is 0 Å². The Balaban J connectivity index is 1.34. The molecule has 5 heteroatoms. The maximum absolute atomic E-state index is 4.82. The normalized spacial score (nSPS) is 17.4. The molecule has 1 fully saturated rings. The number of fused-ring (bicyclic) bond motifs is 1. The van der Waals surface area contributed by atoms with Gasteiger partial charge in [-0.25, -0.2) is 9.97 Å². The summed E-state index contributed by atoms with van der Waals surface area (Å²) < 4.78 is 0. The number of aromatic amines is 1. The van der Waals surface area contributed by atoms with Crippen LogP contribution in [0.4, 0.5) is 0 Å². The number of benzene rings is 1. The predicted octanol–water partition coefficient (Wildman–Crippen LogP) is 3.30. The zero-order valence-electron chi connectivity index (χ0n) is 14.2. The molecule has 126 valence electrons. The van der Waals surface area contributed by atoms with E-state index in [1.807, 2.05) is 12.3 Å². The third-order valence-electron chi connectivity index (χ3n) is 5.15. The first-order valence-electron chi connectivity index (χ1n) is 9.01. The van der Waals surface area contributed by atoms with Crippen LogP contribution in [0.2, 0.25) is 0 Å². The highest BCUT2D eigenvalue weighted by Crippen LogP contribution is 2.38. The van der Waals surface area contributed by atoms with Crippen molar-refractivity contribution in [1.82, 2.24) is 25.1 Å². The van der Waals surface area contributed by atoms with Gasteiger partial charge >= 0.3 is 0 Å². The summed E-state index contributed by atoms with van der Waals surface area (Å²) in [5, 5.41) is 7.43. The molecule has 0 spiro atoms. The lowest BCUT2D eigenvalue weighted by molar-refractivity contribution is 0.243. The van der Waals surface area contributed by atoms with Crippen LogP contribution in [0.1, 0.15) is 41.4 Å². The summed E-state index contributed by atoms with van der Waals surface area (Å²) in [6, 6.07) is 10.4. The molecule has 0 atom stereocenters. The zero-order chi connectivity index (χ0) is 16.6. The number of aromatic nitrogens is 4. The minimum atomic E-state index is 0.627. The fourth-order valence-electron chi connectivity index (χ4n) is 3.59. The van der Waals surface area contributed by atoms with Crippen molar-refractivity contribution in [2.75, 3.05) is 6.54 Å². The van der Waals surface area contributed by atoms with Crippen molar-refractivity contribution in [3.63, 3.8) is 0 Å². The molecule has 0 amide bonds. The second kappa shape index (κ2) is 6.08. The van der Waals surface area contributed by atoms with Gasteiger partial charge in [0.25, 0.3) is 0 Å². The van der Waals surface area contributed by atoms with E-state index >= 15 is 0 Å². The Hall–Kier alpha value is -2.53. The van der Waals surface area contributed by atoms with Crippen molar-refractivity contribution in [3.8, 4) is 11.3 Å². The topological polar surface area (TPSA) is 57.7 Å². The van der Waals surface area contributed by atoms with Crippen molar-refractivity contribution < 1.29 is 0 Å². The maximum Gasteiger partial charge on any atom is 0.131 e. The first-order chi connectivity index (χ1) is 12.4. The van der Waals surface area contributed by atoms with Crippen molar-refractivity contribution in [1.29, 1.82) is 0 Å². The number of nitrogens with zero attached hydrogens (tertiary/aromatic N) is 4. The molecule has 1 saturated carbocycles. The summed E-state index contributed by atoms with van der Waals surface area (Å²) >= 11 is 0. The molecule has 0 radical (unpaired) electrons. The number of hydrogen-bond donors (Lipinski definition) is 1. The second-order valence-corrected chi connectivity index (χ2v) is 7.07. The molecule has 3 heterocycles. The molecular weight excluding hydrogens is 310 g/mol. The van der Waals surface area contributed by atoms with Gasteiger partial charge in [-0.15, -0.1) is 0 Å². The quantitative estimate of drug-likeness (QED) is 0.797. The zero-order valence-corrected chi connectivity index (χ0v) is 14.2. The van der Waals surface area contributed by atoms with Gasteiger partial charge in [-0.3, -0.25) is 10.00 Å². The highest BCUT2D eigenvalue weighted by molar-refractivity contribution is 5.62. The SMILES string of the molecule is c1ccc(-c2[nH]ncc2CN2CCc3nc(C4CC4)ncc3C2)cc1. The van der Waals surface area contributed by atoms with E-state index in [0.717, 1.165) is 37.6 Å². The average Bonchev–Trinajstić information content (AvgIpc) is 3.41. The molecule has 1 aliphatic carbocycles. The molecular formula is C20H21N5. The van der Waals surface area contributed by atoms with Gasteiger partial charge in [0.05, 0.1) is 11.9 Å². The van der Waals surface area contributed by atoms with E-state index in [2.05, 4.69) is 50.5 Å². The summed E-state index contributed by atoms with van der Waals surface area (Å²) in [5.74, 6) is 1.69. The Morgan fingerprint density at radius 3 is 2.84 bits per heavy atom. The Bertz CT molecular complexity index is 882. The van der Waals surface area contributed by atoms with Gasteiger partial charge in [0.15, 0.2) is 0 Å². The van der Waals surface area contributed by atoms with Gasteiger partial charge in [-0.05, 0) is 18.4 Å². The van der Waals surface area contributed by atoms with Crippen LogP contribution in [0.25, 0.3) is 11.3 Å². The second-order valence-electron chi connectivity index (χ2n) is 7.07. The third kappa shape index (κ3) is 2.96. The molecule has 3 aromatic rings. The third-order valence-corrected chi connectivity index (χ3v) is 5.15. The fourth-order valence-corrected chi connectivity index (χ4v) is 3.59. The lowest BCUT2D eigenvalue weighted by Crippen LogP contribution is -2.31. The van der Waals surface area contributed by atoms with Gasteiger partial charge in [0.2, 0.25) is 0 Å². The highest BCUT2D eigenvalue weighted by Gasteiger charge is 2.28. The van der Waals surface area contributed by atoms with Crippen LogP contribution in [-0.2, 0) is 19.5 Å². The highest BCUT2D eigenvalue weighted by atomic mass is 15.2. The van der Waals surface area contributed by atoms with E-state index < -0.39 is 0 Å². The first kappa shape index (κ1) is 14.8. The van der Waals surface area contributed by atoms with Gasteiger partial charge in [0, 0.05) is 55.0 Å². The van der Waals surface area contributed by atoms with E-state index in [9.17, 15) is 0 Å². The van der Waals surface area contributed by atoms with E-state index in [-0.39, 0.29) is 0 Å². The van der Waals surface area contributed by atoms with Crippen LogP contribution in [-0.4, -0.2) is 31.6 Å². The van der Waals surface area contributed by atoms with Gasteiger partial charge in [-0.2, -0.15) is 5.10 Å². The molecule has 1 aromatic carbocycles. The molecule has 25 heavy (non-hydrogen) atoms. The predicted molar refractivity (Wildman–Crippen MR) is 95.8 cm³/mol. The van der Waals surface area contributed by atoms with Gasteiger partial charge < -0.3 is 0 Å². The largest absolute Gasteiger partial charge is 0.294 e. The Morgan fingerprint density at radius 1 is 1.12 bits per heavy atom. The molecule has 5 nitrogen and oxygen atoms in total. The number of H-pyrrole nitrogens is 1. The molecule has 0 saturated heterocycles. The lowest BCUT2D eigenvalue weighted by atomic mass is 10.0. The standard InChI is InChI=1S/C20H21N5/c1-2-4-14(5-3-1)19-17(11-22-24-19)13-25-9-8-18-16(12-25)10-21-20(23-18)15-6-7-15/h1-5,10-11,15H,6-9,12-13H2,(H,22,24). The minimum absolute atomic E-state index is 0.627. The van der Waals surface area contributed by atoms with Crippen molar-refractivity contribution >= 4 is 0 Å². The molecule has 5 rings (SSSR count). The van der Waals surface area contributed by atoms with Gasteiger partial charge in [-0.1, -0.05) is 30.3 Å². The summed E-state index contributed by atoms with van der Waals surface area (Å²) in [4.78, 5) is 11.9. The van der Waals surface area contributed by atoms with Crippen LogP contribution < -0.4 is 0 Å². The van der Waals surface area contributed by atoms with Crippen molar-refractivity contribution in [3.05, 3.63) is 65.4 Å². The summed E-state index contributed by atoms with van der Waals surface area (Å²) in [6.07, 6.45) is 7.53. The summed E-state index contributed by atoms with van der Waals surface area (Å²) in [7, 11) is 0. The lowest BCUT2D eigenvalue weighted by Gasteiger charge is -2.28. The Kier molecular flexibility index (Phi) is 3.59. The summed E-state index contributed by atoms with van der Waals surface area (Å²) in [5.41, 5.74) is 6.07. The van der Waals surface area contributed by atoms with E-state index in [0.29, 0.717) is 5.92 Å². The molecule has 2 aromatic heterocycles. The number of hydrogen-bond acceptors (Lipinski definition) is 4. The molecule has 1 aliphatic heterocycles. The number of rotatable bonds is 4. The minimum Gasteiger partial charge on any atom is -0.294 e. The smallest absolute Gasteiger partial charge is 0.131 e. The first-order valence-corrected chi connectivity index (χ1v) is 9.01. The maximum atomic E-state index is 4.82. The van der Waals surface area contributed by atoms with E-state index in [4.69, 9.17) is 4.98 Å². The van der Waals surface area contributed by atoms with Crippen molar-refractivity contribution in [2.45, 2.75) is 38.3 Å². The Labute approximate surface area is 147 Å². The van der Waals surface area contributed by atoms with Crippen LogP contribution in [0, 0.1) is 0 Å². The average molecular weight is 331 g/mol. The molecule has 2 aliphatic rings. The van der Waals surface area contributed by atoms with E-state index in [1.165, 1.54) is 35.2 Å². The van der Waals surface area contributed by atoms with Crippen LogP contribution in [0.15, 0.2) is 42.7 Å². The van der Waals surface area contributed by atoms with Gasteiger partial charge in [0.1, 0.15) is 5.82 Å². The fraction of sp³-hybridized carbons (Fsp3) is 0.350. The Morgan fingerprint density at radius 2 is 2.00 bits per heavy atom. The monoisotopic (exact) mass is 331 g/mol. The number of nitrogens with one attached hydrogen (secondary N) is 1. The molecule has 0 unspecified atom stereocenters. The van der Waals surface area contributed by atoms with Crippen LogP contribution in [0.3, 0.4) is 0 Å². The van der Waals surface area contributed by atoms with Crippen LogP contribution in [0.5, 0.6) is 0 Å². The summed E-state index contributed by atoms with van der Waals surface area (Å²) in [6.45, 7) is 2.85.